The summed E-state index contributed by atoms with van der Waals surface area (Å²) in [5.41, 5.74) is 22.7. The number of hydrogen-bond acceptors (Lipinski definition) is 10. The van der Waals surface area contributed by atoms with Gasteiger partial charge in [0.15, 0.2) is 0 Å². The average molecular weight is 792 g/mol. The van der Waals surface area contributed by atoms with Crippen molar-refractivity contribution in [2.24, 2.45) is 22.4 Å². The van der Waals surface area contributed by atoms with Crippen molar-refractivity contribution in [3.05, 3.63) is 27.8 Å². The number of alkyl carbamates (subject to hydrolysis) is 1. The van der Waals surface area contributed by atoms with Crippen LogP contribution in [0.3, 0.4) is 0 Å². The summed E-state index contributed by atoms with van der Waals surface area (Å²) >= 11 is 0. The van der Waals surface area contributed by atoms with Gasteiger partial charge < -0.3 is 42.4 Å². The predicted octanol–water partition coefficient (Wildman–Crippen LogP) is 2.61. The highest BCUT2D eigenvalue weighted by atomic mass is 32.2. The monoisotopic (exact) mass is 791 g/mol. The van der Waals surface area contributed by atoms with Crippen LogP contribution in [0.5, 0.6) is 5.75 Å². The molecule has 0 aliphatic carbocycles. The molecule has 0 saturated heterocycles. The minimum absolute atomic E-state index is 0.00465. The largest absolute Gasteiger partial charge is 0.487 e. The zero-order valence-electron chi connectivity index (χ0n) is 33.9. The highest BCUT2D eigenvalue weighted by Crippen LogP contribution is 2.42. The highest BCUT2D eigenvalue weighted by Gasteiger charge is 2.34. The molecule has 1 heterocycles. The maximum Gasteiger partial charge on any atom is 0.407 e. The molecule has 55 heavy (non-hydrogen) atoms. The Morgan fingerprint density at radius 3 is 2.22 bits per heavy atom. The van der Waals surface area contributed by atoms with E-state index in [2.05, 4.69) is 30.5 Å². The van der Waals surface area contributed by atoms with Crippen molar-refractivity contribution < 1.29 is 41.9 Å². The topological polar surface area (TPSA) is 270 Å². The Balaban J connectivity index is 2.14. The van der Waals surface area contributed by atoms with Crippen LogP contribution in [-0.4, -0.2) is 91.5 Å². The number of Topliss-reactive ketones (excluding diaryl/α,β-unsaturated/α-hetero) is 1. The van der Waals surface area contributed by atoms with E-state index in [1.54, 1.807) is 48.5 Å². The van der Waals surface area contributed by atoms with Crippen molar-refractivity contribution in [1.82, 2.24) is 20.7 Å². The molecule has 8 N–H and O–H groups in total. The number of hydrogen-bond donors (Lipinski definition) is 6. The van der Waals surface area contributed by atoms with Crippen LogP contribution in [0.25, 0.3) is 5.53 Å². The summed E-state index contributed by atoms with van der Waals surface area (Å²) in [7, 11) is -4.14. The molecule has 2 rings (SSSR count). The molecular formula is C37H61N9O8S. The lowest BCUT2D eigenvalue weighted by atomic mass is 9.88. The SMILES string of the molecule is Cc1c(C)c(S(=O)(=O)NC(N)=NCCC[C@H](NC(=O)[C@H](CCCCNC(=O)OC(C)(C)C)NC(=O)[C@@H](N)C(C)C)C(=O)C=[N+]=[N-])c(C)c2c1OC(C)(C)CC2. The van der Waals surface area contributed by atoms with Gasteiger partial charge in [-0.15, -0.1) is 0 Å². The fourth-order valence-corrected chi connectivity index (χ4v) is 7.51. The Kier molecular flexibility index (Phi) is 16.8. The minimum atomic E-state index is -4.14. The predicted molar refractivity (Wildman–Crippen MR) is 209 cm³/mol. The molecule has 308 valence electrons. The molecule has 1 aromatic rings. The van der Waals surface area contributed by atoms with Gasteiger partial charge in [-0.3, -0.25) is 19.4 Å². The highest BCUT2D eigenvalue weighted by molar-refractivity contribution is 7.90. The normalized spacial score (nSPS) is 15.7. The number of aliphatic imine (C=N–C) groups is 1. The fourth-order valence-electron chi connectivity index (χ4n) is 5.99. The zero-order valence-corrected chi connectivity index (χ0v) is 34.7. The van der Waals surface area contributed by atoms with Crippen molar-refractivity contribution >= 4 is 45.9 Å². The Labute approximate surface area is 325 Å². The molecule has 0 aromatic heterocycles. The number of ketones is 1. The second-order valence-electron chi connectivity index (χ2n) is 15.9. The molecule has 17 nitrogen and oxygen atoms in total. The van der Waals surface area contributed by atoms with Gasteiger partial charge in [-0.1, -0.05) is 13.8 Å². The third-order valence-corrected chi connectivity index (χ3v) is 10.8. The van der Waals surface area contributed by atoms with Crippen molar-refractivity contribution in [3.63, 3.8) is 0 Å². The van der Waals surface area contributed by atoms with Gasteiger partial charge in [-0.25, -0.2) is 17.9 Å². The number of rotatable bonds is 18. The number of nitrogens with zero attached hydrogens (tertiary/aromatic N) is 3. The second-order valence-corrected chi connectivity index (χ2v) is 17.5. The number of nitrogens with one attached hydrogen (secondary N) is 4. The quantitative estimate of drug-likeness (QED) is 0.0416. The van der Waals surface area contributed by atoms with Gasteiger partial charge in [0.2, 0.25) is 17.8 Å². The first-order valence-electron chi connectivity index (χ1n) is 18.6. The summed E-state index contributed by atoms with van der Waals surface area (Å²) in [5, 5.41) is 7.92. The Bertz CT molecular complexity index is 1760. The maximum atomic E-state index is 13.6. The molecule has 0 fully saturated rings. The summed E-state index contributed by atoms with van der Waals surface area (Å²) in [6.07, 6.45) is 2.63. The second kappa shape index (κ2) is 19.9. The van der Waals surface area contributed by atoms with Gasteiger partial charge in [0.05, 0.1) is 17.0 Å². The third kappa shape index (κ3) is 14.2. The number of carbonyl (C=O) groups is 4. The van der Waals surface area contributed by atoms with Crippen LogP contribution in [0.2, 0.25) is 0 Å². The van der Waals surface area contributed by atoms with E-state index in [1.807, 2.05) is 20.8 Å². The summed E-state index contributed by atoms with van der Waals surface area (Å²) in [6.45, 7) is 18.3. The number of nitrogens with two attached hydrogens (primary N) is 2. The van der Waals surface area contributed by atoms with E-state index in [9.17, 15) is 27.6 Å². The molecule has 0 radical (unpaired) electrons. The minimum Gasteiger partial charge on any atom is -0.487 e. The summed E-state index contributed by atoms with van der Waals surface area (Å²) in [6, 6.07) is -3.16. The molecule has 0 unspecified atom stereocenters. The van der Waals surface area contributed by atoms with Crippen LogP contribution in [0.4, 0.5) is 4.79 Å². The van der Waals surface area contributed by atoms with E-state index in [-0.39, 0.29) is 54.7 Å². The number of carbonyl (C=O) groups excluding carboxylic acids is 4. The summed E-state index contributed by atoms with van der Waals surface area (Å²) in [5.74, 6) is -1.82. The van der Waals surface area contributed by atoms with Crippen molar-refractivity contribution in [3.8, 4) is 5.75 Å². The van der Waals surface area contributed by atoms with Gasteiger partial charge in [0, 0.05) is 13.1 Å². The van der Waals surface area contributed by atoms with Crippen molar-refractivity contribution in [2.75, 3.05) is 13.1 Å². The van der Waals surface area contributed by atoms with E-state index in [4.69, 9.17) is 26.5 Å². The number of fused-ring (bicyclic) bond motifs is 1. The van der Waals surface area contributed by atoms with Crippen LogP contribution < -0.4 is 36.9 Å². The first kappa shape index (κ1) is 46.6. The van der Waals surface area contributed by atoms with Gasteiger partial charge in [0.1, 0.15) is 23.0 Å². The maximum absolute atomic E-state index is 13.6. The molecular weight excluding hydrogens is 731 g/mol. The van der Waals surface area contributed by atoms with Crippen LogP contribution in [0.15, 0.2) is 9.89 Å². The van der Waals surface area contributed by atoms with Crippen LogP contribution in [-0.2, 0) is 35.6 Å². The molecule has 3 atom stereocenters. The van der Waals surface area contributed by atoms with Gasteiger partial charge in [0.25, 0.3) is 15.8 Å². The van der Waals surface area contributed by atoms with E-state index >= 15 is 0 Å². The Morgan fingerprint density at radius 1 is 1.00 bits per heavy atom. The number of guanidine groups is 1. The number of sulfonamides is 1. The number of ether oxygens (including phenoxy) is 2. The zero-order chi connectivity index (χ0) is 41.9. The molecule has 3 amide bonds. The molecule has 1 aliphatic heterocycles. The van der Waals surface area contributed by atoms with E-state index in [1.165, 1.54) is 0 Å². The van der Waals surface area contributed by atoms with E-state index < -0.39 is 57.4 Å². The molecule has 1 aromatic carbocycles. The Hall–Kier alpha value is -4.54. The lowest BCUT2D eigenvalue weighted by Crippen LogP contribution is -2.55. The number of benzene rings is 1. The smallest absolute Gasteiger partial charge is 0.407 e. The molecule has 0 saturated carbocycles. The van der Waals surface area contributed by atoms with Crippen molar-refractivity contribution in [1.29, 1.82) is 0 Å². The first-order valence-corrected chi connectivity index (χ1v) is 20.1. The number of unbranched alkanes of at least 4 members (excludes halogenated alkanes) is 1. The summed E-state index contributed by atoms with van der Waals surface area (Å²) < 4.78 is 40.9. The van der Waals surface area contributed by atoms with Crippen molar-refractivity contribution in [2.45, 2.75) is 148 Å². The van der Waals surface area contributed by atoms with Gasteiger partial charge in [-0.2, -0.15) is 4.79 Å². The van der Waals surface area contributed by atoms with E-state index in [0.717, 1.165) is 17.5 Å². The third-order valence-electron chi connectivity index (χ3n) is 9.19. The standard InChI is InChI=1S/C37H61N9O8S/c1-21(2)29(38)33(49)45-27(14-11-12-18-42-35(50)54-36(6,7)8)32(48)44-26(28(47)20-43-40)15-13-19-41-34(39)46-55(51,52)31-23(4)22(3)30-25(24(31)5)16-17-37(9,10)53-30/h20-21,26-27,29H,11-19,38H2,1-10H3,(H,42,50)(H,44,48)(H,45,49)(H3,39,41,46)/t26-,27-,29-/m0/s1. The number of amides is 3. The Morgan fingerprint density at radius 2 is 1.62 bits per heavy atom. The van der Waals surface area contributed by atoms with Gasteiger partial charge >= 0.3 is 12.3 Å². The molecule has 18 heteroatoms. The van der Waals surface area contributed by atoms with Crippen LogP contribution in [0.1, 0.15) is 109 Å². The molecule has 1 aliphatic rings. The van der Waals surface area contributed by atoms with E-state index in [0.29, 0.717) is 42.4 Å². The lowest BCUT2D eigenvalue weighted by molar-refractivity contribution is -0.132. The molecule has 0 bridgehead atoms. The average Bonchev–Trinajstić information content (AvgIpc) is 3.05. The first-order chi connectivity index (χ1) is 25.4. The van der Waals surface area contributed by atoms with Crippen LogP contribution >= 0.6 is 0 Å². The lowest BCUT2D eigenvalue weighted by Gasteiger charge is -2.35. The summed E-state index contributed by atoms with van der Waals surface area (Å²) in [4.78, 5) is 58.2. The molecule has 0 spiro atoms. The fraction of sp³-hybridized carbons (Fsp3) is 0.676. The van der Waals surface area contributed by atoms with Gasteiger partial charge in [-0.05, 0) is 129 Å². The van der Waals surface area contributed by atoms with Crippen LogP contribution in [0, 0.1) is 26.7 Å².